The summed E-state index contributed by atoms with van der Waals surface area (Å²) < 4.78 is 0. The largest absolute Gasteiger partial charge is 0.315 e. The van der Waals surface area contributed by atoms with Crippen LogP contribution in [0.3, 0.4) is 0 Å². The fourth-order valence-corrected chi connectivity index (χ4v) is 1.01. The number of hydrogen-bond donors (Lipinski definition) is 2. The molecule has 2 aromatic rings. The van der Waals surface area contributed by atoms with Gasteiger partial charge in [0.05, 0.1) is 6.33 Å². The Kier molecular flexibility index (Phi) is 2.16. The Morgan fingerprint density at radius 2 is 2.27 bits per heavy atom. The van der Waals surface area contributed by atoms with E-state index in [2.05, 4.69) is 30.3 Å². The maximum absolute atomic E-state index is 11.3. The quantitative estimate of drug-likeness (QED) is 0.542. The lowest BCUT2D eigenvalue weighted by atomic mass is 10.6. The molecule has 0 aromatic carbocycles. The second-order valence-corrected chi connectivity index (χ2v) is 3.03. The summed E-state index contributed by atoms with van der Waals surface area (Å²) >= 11 is 0. The molecule has 8 heteroatoms. The van der Waals surface area contributed by atoms with Crippen molar-refractivity contribution < 1.29 is 0 Å². The third-order valence-electron chi connectivity index (χ3n) is 1.60. The van der Waals surface area contributed by atoms with Crippen LogP contribution in [0.5, 0.6) is 0 Å². The molecule has 0 aliphatic heterocycles. The summed E-state index contributed by atoms with van der Waals surface area (Å²) in [6.07, 6.45) is 1.29. The first-order chi connectivity index (χ1) is 7.16. The zero-order chi connectivity index (χ0) is 10.8. The average molecular weight is 207 g/mol. The van der Waals surface area contributed by atoms with Crippen LogP contribution in [-0.2, 0) is 0 Å². The van der Waals surface area contributed by atoms with Gasteiger partial charge < -0.3 is 9.97 Å². The molecule has 0 amide bonds. The number of nitrogens with zero attached hydrogens (tertiary/aromatic N) is 5. The number of fused-ring (bicyclic) bond motifs is 1. The van der Waals surface area contributed by atoms with Crippen molar-refractivity contribution in [3.8, 4) is 0 Å². The number of rotatable bonds is 2. The number of imidazole rings is 1. The highest BCUT2D eigenvalue weighted by Gasteiger charge is 2.05. The summed E-state index contributed by atoms with van der Waals surface area (Å²) in [5.74, 6) is 0.253. The van der Waals surface area contributed by atoms with Crippen LogP contribution in [0.1, 0.15) is 0 Å². The van der Waals surface area contributed by atoms with E-state index in [9.17, 15) is 4.79 Å². The standard InChI is InChI=1S/C7H9N7O/c1-14(2)13-12-7-10-4-5(11-7)8-3-9-6(4)15/h3H,1-2H3,(H2,8,9,10,11,15). The van der Waals surface area contributed by atoms with E-state index in [4.69, 9.17) is 0 Å². The highest BCUT2D eigenvalue weighted by Crippen LogP contribution is 2.10. The van der Waals surface area contributed by atoms with Crippen molar-refractivity contribution in [2.24, 2.45) is 10.3 Å². The summed E-state index contributed by atoms with van der Waals surface area (Å²) in [4.78, 5) is 24.3. The van der Waals surface area contributed by atoms with Gasteiger partial charge >= 0.3 is 0 Å². The molecular formula is C7H9N7O. The van der Waals surface area contributed by atoms with E-state index in [-0.39, 0.29) is 11.5 Å². The van der Waals surface area contributed by atoms with Crippen LogP contribution in [-0.4, -0.2) is 39.0 Å². The molecule has 2 rings (SSSR count). The molecule has 8 nitrogen and oxygen atoms in total. The second kappa shape index (κ2) is 3.48. The number of hydrogen-bond acceptors (Lipinski definition) is 5. The van der Waals surface area contributed by atoms with Crippen LogP contribution in [0.2, 0.25) is 0 Å². The lowest BCUT2D eigenvalue weighted by Crippen LogP contribution is -2.05. The van der Waals surface area contributed by atoms with Crippen LogP contribution >= 0.6 is 0 Å². The summed E-state index contributed by atoms with van der Waals surface area (Å²) in [5.41, 5.74) is 0.343. The van der Waals surface area contributed by atoms with Crippen molar-refractivity contribution in [3.63, 3.8) is 0 Å². The van der Waals surface area contributed by atoms with Crippen molar-refractivity contribution in [1.29, 1.82) is 0 Å². The predicted molar refractivity (Wildman–Crippen MR) is 52.7 cm³/mol. The Labute approximate surface area is 84.0 Å². The molecule has 0 bridgehead atoms. The second-order valence-electron chi connectivity index (χ2n) is 3.03. The monoisotopic (exact) mass is 207 g/mol. The molecule has 15 heavy (non-hydrogen) atoms. The van der Waals surface area contributed by atoms with Crippen molar-refractivity contribution in [3.05, 3.63) is 16.7 Å². The minimum absolute atomic E-state index is 0.253. The first kappa shape index (κ1) is 9.31. The highest BCUT2D eigenvalue weighted by atomic mass is 16.1. The van der Waals surface area contributed by atoms with E-state index in [0.717, 1.165) is 0 Å². The Bertz CT molecular complexity index is 552. The molecule has 2 aromatic heterocycles. The molecule has 78 valence electrons. The van der Waals surface area contributed by atoms with Gasteiger partial charge in [-0.25, -0.2) is 4.98 Å². The molecule has 2 heterocycles. The molecule has 0 radical (unpaired) electrons. The van der Waals surface area contributed by atoms with E-state index in [1.165, 1.54) is 11.3 Å². The Morgan fingerprint density at radius 3 is 2.93 bits per heavy atom. The normalized spacial score (nSPS) is 11.3. The van der Waals surface area contributed by atoms with Gasteiger partial charge in [0, 0.05) is 14.1 Å². The zero-order valence-electron chi connectivity index (χ0n) is 8.22. The summed E-state index contributed by atoms with van der Waals surface area (Å²) in [5, 5.41) is 9.04. The molecule has 0 spiro atoms. The first-order valence-corrected chi connectivity index (χ1v) is 4.19. The molecule has 0 atom stereocenters. The molecule has 0 aliphatic carbocycles. The van der Waals surface area contributed by atoms with E-state index >= 15 is 0 Å². The third kappa shape index (κ3) is 1.82. The number of H-pyrrole nitrogens is 2. The Morgan fingerprint density at radius 1 is 1.47 bits per heavy atom. The number of aromatic amines is 2. The van der Waals surface area contributed by atoms with Gasteiger partial charge in [0.1, 0.15) is 0 Å². The maximum atomic E-state index is 11.3. The van der Waals surface area contributed by atoms with Crippen LogP contribution < -0.4 is 5.56 Å². The fraction of sp³-hybridized carbons (Fsp3) is 0.286. The lowest BCUT2D eigenvalue weighted by molar-refractivity contribution is 0.407. The average Bonchev–Trinajstić information content (AvgIpc) is 2.59. The van der Waals surface area contributed by atoms with E-state index < -0.39 is 0 Å². The summed E-state index contributed by atoms with van der Waals surface area (Å²) in [7, 11) is 3.47. The Balaban J connectivity index is 2.48. The number of aromatic nitrogens is 4. The summed E-state index contributed by atoms with van der Waals surface area (Å²) in [6.45, 7) is 0. The van der Waals surface area contributed by atoms with Gasteiger partial charge in [-0.05, 0) is 0 Å². The van der Waals surface area contributed by atoms with Gasteiger partial charge in [0.15, 0.2) is 11.2 Å². The Hall–Kier alpha value is -2.25. The molecule has 0 unspecified atom stereocenters. The molecule has 0 fully saturated rings. The number of nitrogens with one attached hydrogen (secondary N) is 2. The van der Waals surface area contributed by atoms with E-state index in [1.54, 1.807) is 14.1 Å². The van der Waals surface area contributed by atoms with Gasteiger partial charge in [0.2, 0.25) is 0 Å². The topological polar surface area (TPSA) is 102 Å². The summed E-state index contributed by atoms with van der Waals surface area (Å²) in [6, 6.07) is 0. The predicted octanol–water partition coefficient (Wildman–Crippen LogP) is 0.206. The van der Waals surface area contributed by atoms with Crippen LogP contribution in [0.25, 0.3) is 11.2 Å². The van der Waals surface area contributed by atoms with Gasteiger partial charge in [-0.15, -0.1) is 0 Å². The van der Waals surface area contributed by atoms with Crippen molar-refractivity contribution >= 4 is 17.1 Å². The SMILES string of the molecule is CN(C)N=Nc1nc2nc[nH]c(=O)c2[nH]1. The molecular weight excluding hydrogens is 198 g/mol. The minimum Gasteiger partial charge on any atom is -0.315 e. The van der Waals surface area contributed by atoms with Gasteiger partial charge in [-0.3, -0.25) is 9.80 Å². The van der Waals surface area contributed by atoms with Crippen molar-refractivity contribution in [1.82, 2.24) is 24.9 Å². The van der Waals surface area contributed by atoms with Gasteiger partial charge in [0.25, 0.3) is 11.5 Å². The molecule has 0 aliphatic rings. The highest BCUT2D eigenvalue weighted by molar-refractivity contribution is 5.70. The lowest BCUT2D eigenvalue weighted by Gasteiger charge is -1.97. The molecule has 0 saturated heterocycles. The minimum atomic E-state index is -0.279. The first-order valence-electron chi connectivity index (χ1n) is 4.19. The third-order valence-corrected chi connectivity index (χ3v) is 1.60. The smallest absolute Gasteiger partial charge is 0.276 e. The van der Waals surface area contributed by atoms with Crippen LogP contribution in [0, 0.1) is 0 Å². The maximum Gasteiger partial charge on any atom is 0.276 e. The molecule has 0 saturated carbocycles. The van der Waals surface area contributed by atoms with Gasteiger partial charge in [-0.2, -0.15) is 4.98 Å². The van der Waals surface area contributed by atoms with Crippen molar-refractivity contribution in [2.75, 3.05) is 14.1 Å². The van der Waals surface area contributed by atoms with Crippen molar-refractivity contribution in [2.45, 2.75) is 0 Å². The fourth-order valence-electron chi connectivity index (χ4n) is 1.01. The van der Waals surface area contributed by atoms with E-state index in [1.807, 2.05) is 0 Å². The van der Waals surface area contributed by atoms with Crippen LogP contribution in [0.4, 0.5) is 5.95 Å². The zero-order valence-corrected chi connectivity index (χ0v) is 8.22. The van der Waals surface area contributed by atoms with E-state index in [0.29, 0.717) is 11.2 Å². The molecule has 2 N–H and O–H groups in total. The van der Waals surface area contributed by atoms with Crippen LogP contribution in [0.15, 0.2) is 21.5 Å². The van der Waals surface area contributed by atoms with Gasteiger partial charge in [-0.1, -0.05) is 10.3 Å².